The summed E-state index contributed by atoms with van der Waals surface area (Å²) in [5.41, 5.74) is 0.161. The van der Waals surface area contributed by atoms with Crippen molar-refractivity contribution in [2.24, 2.45) is 17.8 Å². The maximum absolute atomic E-state index is 13.5. The first-order valence-corrected chi connectivity index (χ1v) is 20.5. The molecule has 0 bridgehead atoms. The van der Waals surface area contributed by atoms with Crippen LogP contribution in [0.4, 0.5) is 9.59 Å². The Bertz CT molecular complexity index is 1580. The molecule has 2 atom stereocenters. The molecule has 54 heavy (non-hydrogen) atoms. The molecule has 3 aliphatic heterocycles. The monoisotopic (exact) mass is 779 g/mol. The van der Waals surface area contributed by atoms with E-state index in [0.29, 0.717) is 63.7 Å². The average Bonchev–Trinajstić information content (AvgIpc) is 3.60. The zero-order valence-corrected chi connectivity index (χ0v) is 32.7. The van der Waals surface area contributed by atoms with Gasteiger partial charge in [-0.1, -0.05) is 0 Å². The highest BCUT2D eigenvalue weighted by molar-refractivity contribution is 7.89. The quantitative estimate of drug-likeness (QED) is 0.179. The number of amides is 4. The van der Waals surface area contributed by atoms with Crippen LogP contribution < -0.4 is 20.1 Å². The molecular weight excluding hydrogens is 722 g/mol. The zero-order valence-electron chi connectivity index (χ0n) is 31.9. The Morgan fingerprint density at radius 3 is 2.13 bits per heavy atom. The lowest BCUT2D eigenvalue weighted by Gasteiger charge is -2.34. The van der Waals surface area contributed by atoms with E-state index in [1.165, 1.54) is 17.0 Å². The van der Waals surface area contributed by atoms with Crippen LogP contribution >= 0.6 is 0 Å². The number of nitrogens with zero attached hydrogens (tertiary/aromatic N) is 2. The number of likely N-dealkylation sites (tertiary alicyclic amines) is 2. The molecule has 0 saturated carbocycles. The van der Waals surface area contributed by atoms with Gasteiger partial charge in [0.1, 0.15) is 17.4 Å². The molecule has 0 spiro atoms. The van der Waals surface area contributed by atoms with E-state index in [4.69, 9.17) is 14.2 Å². The summed E-state index contributed by atoms with van der Waals surface area (Å²) < 4.78 is 44.8. The maximum Gasteiger partial charge on any atom is 0.410 e. The second-order valence-corrected chi connectivity index (χ2v) is 17.0. The second-order valence-electron chi connectivity index (χ2n) is 15.3. The van der Waals surface area contributed by atoms with Gasteiger partial charge in [0, 0.05) is 45.1 Å². The van der Waals surface area contributed by atoms with Crippen LogP contribution in [-0.4, -0.2) is 117 Å². The Morgan fingerprint density at radius 2 is 1.56 bits per heavy atom. The molecule has 0 aliphatic carbocycles. The van der Waals surface area contributed by atoms with Gasteiger partial charge >= 0.3 is 18.2 Å². The molecule has 0 radical (unpaired) electrons. The fraction of sp³-hybridized carbons (Fsp3) is 0.703. The predicted molar refractivity (Wildman–Crippen MR) is 197 cm³/mol. The molecule has 17 heteroatoms. The first-order valence-electron chi connectivity index (χ1n) is 19.0. The van der Waals surface area contributed by atoms with E-state index in [9.17, 15) is 37.5 Å². The molecule has 2 saturated heterocycles. The number of hydrogen-bond acceptors (Lipinski definition) is 10. The van der Waals surface area contributed by atoms with Crippen LogP contribution in [0.2, 0.25) is 0 Å². The molecule has 1 unspecified atom stereocenters. The molecule has 1 aromatic rings. The summed E-state index contributed by atoms with van der Waals surface area (Å²) in [6.45, 7) is 8.81. The van der Waals surface area contributed by atoms with Crippen molar-refractivity contribution < 1.29 is 51.7 Å². The Hall–Kier alpha value is -4.12. The standard InChI is InChI=1S/C37H57N5O11S/c1-5-51-34(45)30(40-54(49,50)29-10-11-31-28(22-29)16-21-52-31)23-38-32(43)24-39-33(44)27(8-6-25-12-17-41(18-13-25)35(46)47)9-7-26-14-19-42(20-15-26)36(48)53-37(2,3)4/h10-11,22,25-27,30,40H,5-9,12-21,23-24H2,1-4H3,(H,38,43)(H,39,44)(H,46,47)/t27?,30-/m0/s1. The Balaban J connectivity index is 1.31. The number of benzene rings is 1. The molecule has 3 heterocycles. The number of rotatable bonds is 16. The minimum atomic E-state index is -4.17. The van der Waals surface area contributed by atoms with Crippen LogP contribution in [0.3, 0.4) is 0 Å². The maximum atomic E-state index is 13.5. The van der Waals surface area contributed by atoms with Crippen LogP contribution in [0.5, 0.6) is 5.75 Å². The number of sulfonamides is 1. The normalized spacial score (nSPS) is 17.9. The largest absolute Gasteiger partial charge is 0.493 e. The van der Waals surface area contributed by atoms with Crippen molar-refractivity contribution in [2.45, 2.75) is 102 Å². The fourth-order valence-electron chi connectivity index (χ4n) is 7.02. The van der Waals surface area contributed by atoms with Gasteiger partial charge in [-0.15, -0.1) is 0 Å². The molecule has 0 aromatic heterocycles. The first kappa shape index (κ1) is 42.6. The number of carbonyl (C=O) groups is 5. The highest BCUT2D eigenvalue weighted by Gasteiger charge is 2.31. The number of piperidine rings is 2. The summed E-state index contributed by atoms with van der Waals surface area (Å²) in [6, 6.07) is 3.01. The highest BCUT2D eigenvalue weighted by Crippen LogP contribution is 2.30. The third-order valence-electron chi connectivity index (χ3n) is 10.1. The summed E-state index contributed by atoms with van der Waals surface area (Å²) in [6.07, 6.45) is 4.99. The van der Waals surface area contributed by atoms with Crippen LogP contribution in [0, 0.1) is 17.8 Å². The Labute approximate surface area is 318 Å². The van der Waals surface area contributed by atoms with Crippen LogP contribution in [-0.2, 0) is 40.3 Å². The van der Waals surface area contributed by atoms with E-state index in [-0.39, 0.29) is 36.0 Å². The number of fused-ring (bicyclic) bond motifs is 1. The summed E-state index contributed by atoms with van der Waals surface area (Å²) in [5.74, 6) is -0.950. The molecule has 302 valence electrons. The average molecular weight is 780 g/mol. The number of carbonyl (C=O) groups excluding carboxylic acids is 4. The molecule has 4 N–H and O–H groups in total. The third-order valence-corrected chi connectivity index (χ3v) is 11.6. The van der Waals surface area contributed by atoms with Gasteiger partial charge in [0.2, 0.25) is 21.8 Å². The highest BCUT2D eigenvalue weighted by atomic mass is 32.2. The van der Waals surface area contributed by atoms with E-state index in [1.807, 2.05) is 20.8 Å². The van der Waals surface area contributed by atoms with E-state index >= 15 is 0 Å². The van der Waals surface area contributed by atoms with E-state index < -0.39 is 52.1 Å². The number of nitrogens with one attached hydrogen (secondary N) is 3. The van der Waals surface area contributed by atoms with Crippen LogP contribution in [0.1, 0.15) is 84.6 Å². The summed E-state index contributed by atoms with van der Waals surface area (Å²) in [4.78, 5) is 66.1. The Kier molecular flexibility index (Phi) is 15.4. The van der Waals surface area contributed by atoms with Crippen molar-refractivity contribution in [1.29, 1.82) is 0 Å². The van der Waals surface area contributed by atoms with E-state index in [2.05, 4.69) is 15.4 Å². The van der Waals surface area contributed by atoms with Crippen molar-refractivity contribution in [3.63, 3.8) is 0 Å². The van der Waals surface area contributed by atoms with Gasteiger partial charge in [0.15, 0.2) is 0 Å². The third kappa shape index (κ3) is 13.0. The van der Waals surface area contributed by atoms with Crippen molar-refractivity contribution >= 4 is 40.0 Å². The van der Waals surface area contributed by atoms with Gasteiger partial charge in [0.25, 0.3) is 0 Å². The molecule has 4 amide bonds. The zero-order chi connectivity index (χ0) is 39.5. The van der Waals surface area contributed by atoms with Gasteiger partial charge in [0.05, 0.1) is 24.7 Å². The van der Waals surface area contributed by atoms with Gasteiger partial charge < -0.3 is 39.8 Å². The molecular formula is C37H57N5O11S. The summed E-state index contributed by atoms with van der Waals surface area (Å²) in [5, 5.41) is 14.6. The lowest BCUT2D eigenvalue weighted by molar-refractivity contribution is -0.145. The van der Waals surface area contributed by atoms with Gasteiger partial charge in [-0.25, -0.2) is 18.0 Å². The van der Waals surface area contributed by atoms with E-state index in [0.717, 1.165) is 44.1 Å². The molecule has 1 aromatic carbocycles. The summed E-state index contributed by atoms with van der Waals surface area (Å²) in [7, 11) is -4.17. The SMILES string of the molecule is CCOC(=O)[C@H](CNC(=O)CNC(=O)C(CCC1CCN(C(=O)O)CC1)CCC1CCN(C(=O)OC(C)(C)C)CC1)NS(=O)(=O)c1ccc2c(c1)CCO2. The van der Waals surface area contributed by atoms with Gasteiger partial charge in [-0.05, 0) is 115 Å². The lowest BCUT2D eigenvalue weighted by atomic mass is 9.84. The van der Waals surface area contributed by atoms with Crippen molar-refractivity contribution in [3.8, 4) is 5.75 Å². The second kappa shape index (κ2) is 19.5. The smallest absolute Gasteiger partial charge is 0.410 e. The summed E-state index contributed by atoms with van der Waals surface area (Å²) >= 11 is 0. The van der Waals surface area contributed by atoms with Crippen LogP contribution in [0.15, 0.2) is 23.1 Å². The predicted octanol–water partition coefficient (Wildman–Crippen LogP) is 3.28. The molecule has 4 rings (SSSR count). The number of carboxylic acid groups (broad SMARTS) is 1. The minimum absolute atomic E-state index is 0.000162. The van der Waals surface area contributed by atoms with Gasteiger partial charge in [-0.2, -0.15) is 4.72 Å². The van der Waals surface area contributed by atoms with Gasteiger partial charge in [-0.3, -0.25) is 14.4 Å². The fourth-order valence-corrected chi connectivity index (χ4v) is 8.25. The van der Waals surface area contributed by atoms with Crippen molar-refractivity contribution in [2.75, 3.05) is 52.5 Å². The molecule has 3 aliphatic rings. The van der Waals surface area contributed by atoms with Crippen molar-refractivity contribution in [1.82, 2.24) is 25.2 Å². The lowest BCUT2D eigenvalue weighted by Crippen LogP contribution is -2.50. The minimum Gasteiger partial charge on any atom is -0.493 e. The van der Waals surface area contributed by atoms with Crippen molar-refractivity contribution in [3.05, 3.63) is 23.8 Å². The number of ether oxygens (including phenoxy) is 3. The number of esters is 1. The number of hydrogen-bond donors (Lipinski definition) is 4. The topological polar surface area (TPSA) is 210 Å². The molecule has 16 nitrogen and oxygen atoms in total. The van der Waals surface area contributed by atoms with E-state index in [1.54, 1.807) is 17.9 Å². The Morgan fingerprint density at radius 1 is 0.944 bits per heavy atom. The molecule has 2 fully saturated rings. The first-order chi connectivity index (χ1) is 25.5. The van der Waals surface area contributed by atoms with Crippen LogP contribution in [0.25, 0.3) is 0 Å².